The number of hydrogen-bond acceptors (Lipinski definition) is 2. The molecule has 0 aliphatic heterocycles. The molecule has 0 unspecified atom stereocenters. The molecular formula is C13H16Cl3NOS. The Balaban J connectivity index is 2.74. The van der Waals surface area contributed by atoms with Gasteiger partial charge in [0.15, 0.2) is 0 Å². The third-order valence-corrected chi connectivity index (χ3v) is 4.50. The number of thioether (sulfide) groups is 1. The summed E-state index contributed by atoms with van der Waals surface area (Å²) in [6.07, 6.45) is 0. The van der Waals surface area contributed by atoms with Crippen LogP contribution in [0.5, 0.6) is 0 Å². The number of carbonyl (C=O) groups excluding carboxylic acids is 1. The van der Waals surface area contributed by atoms with E-state index in [2.05, 4.69) is 5.32 Å². The van der Waals surface area contributed by atoms with E-state index in [1.54, 1.807) is 12.1 Å². The lowest BCUT2D eigenvalue weighted by Gasteiger charge is -2.24. The van der Waals surface area contributed by atoms with E-state index >= 15 is 0 Å². The van der Waals surface area contributed by atoms with Crippen molar-refractivity contribution in [2.45, 2.75) is 35.9 Å². The van der Waals surface area contributed by atoms with Crippen LogP contribution < -0.4 is 5.32 Å². The maximum absolute atomic E-state index is 12.0. The number of benzene rings is 1. The van der Waals surface area contributed by atoms with Crippen LogP contribution in [0.2, 0.25) is 5.02 Å². The molecule has 1 aromatic carbocycles. The number of nitrogens with one attached hydrogen (secondary N) is 1. The molecule has 1 rings (SSSR count). The molecule has 0 heterocycles. The van der Waals surface area contributed by atoms with Crippen LogP contribution in [-0.2, 0) is 4.79 Å². The summed E-state index contributed by atoms with van der Waals surface area (Å²) in [5, 5.41) is 3.10. The van der Waals surface area contributed by atoms with Crippen molar-refractivity contribution in [3.8, 4) is 0 Å². The number of halogens is 3. The van der Waals surface area contributed by atoms with E-state index in [1.807, 2.05) is 32.9 Å². The normalized spacial score (nSPS) is 13.4. The minimum atomic E-state index is -0.702. The molecule has 6 heteroatoms. The average Bonchev–Trinajstić information content (AvgIpc) is 2.29. The third kappa shape index (κ3) is 5.82. The van der Waals surface area contributed by atoms with Gasteiger partial charge in [0.25, 0.3) is 0 Å². The van der Waals surface area contributed by atoms with Gasteiger partial charge in [0, 0.05) is 15.3 Å². The van der Waals surface area contributed by atoms with Gasteiger partial charge in [0.05, 0.1) is 0 Å². The van der Waals surface area contributed by atoms with E-state index in [-0.39, 0.29) is 5.91 Å². The Morgan fingerprint density at radius 2 is 1.74 bits per heavy atom. The van der Waals surface area contributed by atoms with Crippen molar-refractivity contribution in [1.82, 2.24) is 5.32 Å². The summed E-state index contributed by atoms with van der Waals surface area (Å²) >= 11 is 19.1. The largest absolute Gasteiger partial charge is 0.341 e. The van der Waals surface area contributed by atoms with Crippen molar-refractivity contribution in [3.05, 3.63) is 29.3 Å². The Kier molecular flexibility index (Phi) is 6.31. The van der Waals surface area contributed by atoms with E-state index in [4.69, 9.17) is 34.8 Å². The van der Waals surface area contributed by atoms with Gasteiger partial charge in [-0.1, -0.05) is 44.1 Å². The minimum Gasteiger partial charge on any atom is -0.341 e. The predicted octanol–water partition coefficient (Wildman–Crippen LogP) is 4.72. The van der Waals surface area contributed by atoms with Gasteiger partial charge in [0.1, 0.15) is 10.2 Å². The lowest BCUT2D eigenvalue weighted by molar-refractivity contribution is -0.128. The SMILES string of the molecule is CC(C)(C)C(=O)N[C@@H](Sc1ccc(Cl)cc1)C(Cl)Cl. The highest BCUT2D eigenvalue weighted by molar-refractivity contribution is 8.00. The first-order valence-electron chi connectivity index (χ1n) is 5.71. The summed E-state index contributed by atoms with van der Waals surface area (Å²) in [4.78, 5) is 12.2. The first-order chi connectivity index (χ1) is 8.70. The number of rotatable bonds is 4. The van der Waals surface area contributed by atoms with Crippen LogP contribution in [0, 0.1) is 5.41 Å². The van der Waals surface area contributed by atoms with Gasteiger partial charge < -0.3 is 5.32 Å². The molecule has 0 aliphatic carbocycles. The summed E-state index contributed by atoms with van der Waals surface area (Å²) in [7, 11) is 0. The Hall–Kier alpha value is -0.0900. The summed E-state index contributed by atoms with van der Waals surface area (Å²) in [6, 6.07) is 7.28. The van der Waals surface area contributed by atoms with Gasteiger partial charge in [-0.2, -0.15) is 0 Å². The molecule has 0 saturated carbocycles. The third-order valence-electron chi connectivity index (χ3n) is 2.26. The van der Waals surface area contributed by atoms with Gasteiger partial charge in [-0.25, -0.2) is 0 Å². The van der Waals surface area contributed by atoms with Crippen molar-refractivity contribution in [1.29, 1.82) is 0 Å². The molecule has 0 spiro atoms. The van der Waals surface area contributed by atoms with E-state index in [9.17, 15) is 4.79 Å². The Morgan fingerprint density at radius 3 is 2.16 bits per heavy atom. The monoisotopic (exact) mass is 339 g/mol. The van der Waals surface area contributed by atoms with Gasteiger partial charge >= 0.3 is 0 Å². The fraction of sp³-hybridized carbons (Fsp3) is 0.462. The summed E-state index contributed by atoms with van der Waals surface area (Å²) in [5.41, 5.74) is -0.485. The summed E-state index contributed by atoms with van der Waals surface area (Å²) in [5.74, 6) is -0.0923. The average molecular weight is 341 g/mol. The smallest absolute Gasteiger partial charge is 0.226 e. The molecule has 2 nitrogen and oxygen atoms in total. The minimum absolute atomic E-state index is 0.0923. The first kappa shape index (κ1) is 17.0. The molecular weight excluding hydrogens is 325 g/mol. The fourth-order valence-corrected chi connectivity index (χ4v) is 2.57. The molecule has 0 fully saturated rings. The lowest BCUT2D eigenvalue weighted by atomic mass is 9.96. The highest BCUT2D eigenvalue weighted by Crippen LogP contribution is 2.29. The van der Waals surface area contributed by atoms with E-state index < -0.39 is 15.6 Å². The molecule has 0 aromatic heterocycles. The van der Waals surface area contributed by atoms with Crippen molar-refractivity contribution in [2.24, 2.45) is 5.41 Å². The fourth-order valence-electron chi connectivity index (χ4n) is 1.15. The maximum atomic E-state index is 12.0. The van der Waals surface area contributed by atoms with Crippen LogP contribution >= 0.6 is 46.6 Å². The Morgan fingerprint density at radius 1 is 1.21 bits per heavy atom. The maximum Gasteiger partial charge on any atom is 0.226 e. The van der Waals surface area contributed by atoms with Crippen LogP contribution in [-0.4, -0.2) is 16.1 Å². The van der Waals surface area contributed by atoms with Gasteiger partial charge in [-0.15, -0.1) is 23.2 Å². The molecule has 1 atom stereocenters. The number of hydrogen-bond donors (Lipinski definition) is 1. The van der Waals surface area contributed by atoms with Crippen molar-refractivity contribution >= 4 is 52.5 Å². The van der Waals surface area contributed by atoms with E-state index in [0.29, 0.717) is 5.02 Å². The van der Waals surface area contributed by atoms with Gasteiger partial charge in [-0.3, -0.25) is 4.79 Å². The predicted molar refractivity (Wildman–Crippen MR) is 84.2 cm³/mol. The molecule has 0 saturated heterocycles. The lowest BCUT2D eigenvalue weighted by Crippen LogP contribution is -2.42. The van der Waals surface area contributed by atoms with Crippen LogP contribution in [0.25, 0.3) is 0 Å². The molecule has 1 N–H and O–H groups in total. The second kappa shape index (κ2) is 7.07. The first-order valence-corrected chi connectivity index (χ1v) is 7.84. The second-order valence-electron chi connectivity index (χ2n) is 5.05. The van der Waals surface area contributed by atoms with E-state index in [0.717, 1.165) is 4.90 Å². The van der Waals surface area contributed by atoms with Crippen molar-refractivity contribution < 1.29 is 4.79 Å². The highest BCUT2D eigenvalue weighted by Gasteiger charge is 2.27. The molecule has 1 amide bonds. The van der Waals surface area contributed by atoms with Crippen LogP contribution in [0.3, 0.4) is 0 Å². The zero-order valence-corrected chi connectivity index (χ0v) is 14.0. The zero-order valence-electron chi connectivity index (χ0n) is 10.9. The van der Waals surface area contributed by atoms with Crippen molar-refractivity contribution in [3.63, 3.8) is 0 Å². The molecule has 1 aromatic rings. The van der Waals surface area contributed by atoms with Crippen LogP contribution in [0.1, 0.15) is 20.8 Å². The number of carbonyl (C=O) groups is 1. The Labute approximate surface area is 133 Å². The Bertz CT molecular complexity index is 429. The molecule has 0 radical (unpaired) electrons. The standard InChI is InChI=1S/C13H16Cl3NOS/c1-13(2,3)12(18)17-11(10(15)16)19-9-6-4-8(14)5-7-9/h4-7,10-11H,1-3H3,(H,17,18)/t11-/m0/s1. The quantitative estimate of drug-likeness (QED) is 0.488. The summed E-state index contributed by atoms with van der Waals surface area (Å²) in [6.45, 7) is 5.51. The molecule has 0 aliphatic rings. The molecule has 19 heavy (non-hydrogen) atoms. The van der Waals surface area contributed by atoms with Crippen molar-refractivity contribution in [2.75, 3.05) is 0 Å². The summed E-state index contributed by atoms with van der Waals surface area (Å²) < 4.78 is 0. The van der Waals surface area contributed by atoms with E-state index in [1.165, 1.54) is 11.8 Å². The van der Waals surface area contributed by atoms with Gasteiger partial charge in [0.2, 0.25) is 5.91 Å². The highest BCUT2D eigenvalue weighted by atomic mass is 35.5. The van der Waals surface area contributed by atoms with Crippen LogP contribution in [0.15, 0.2) is 29.2 Å². The number of amides is 1. The van der Waals surface area contributed by atoms with Gasteiger partial charge in [-0.05, 0) is 24.3 Å². The molecule has 106 valence electrons. The topological polar surface area (TPSA) is 29.1 Å². The number of alkyl halides is 2. The molecule has 0 bridgehead atoms. The second-order valence-corrected chi connectivity index (χ2v) is 7.87. The van der Waals surface area contributed by atoms with Crippen LogP contribution in [0.4, 0.5) is 0 Å². The zero-order chi connectivity index (χ0) is 14.6.